The maximum Gasteiger partial charge on any atom is 0.193 e. The number of unbranched alkanes of at least 4 members (excludes halogenated alkanes) is 2. The SMILES string of the molecule is [CH2]CCCCc1ncco1. The second-order valence-corrected chi connectivity index (χ2v) is 2.24. The summed E-state index contributed by atoms with van der Waals surface area (Å²) in [5.41, 5.74) is 0. The third-order valence-electron chi connectivity index (χ3n) is 1.37. The first-order valence-electron chi connectivity index (χ1n) is 3.61. The van der Waals surface area contributed by atoms with Crippen LogP contribution < -0.4 is 0 Å². The third kappa shape index (κ3) is 2.21. The van der Waals surface area contributed by atoms with Gasteiger partial charge >= 0.3 is 0 Å². The fraction of sp³-hybridized carbons (Fsp3) is 0.500. The van der Waals surface area contributed by atoms with Crippen LogP contribution in [0.25, 0.3) is 0 Å². The fourth-order valence-electron chi connectivity index (χ4n) is 0.829. The maximum absolute atomic E-state index is 5.05. The van der Waals surface area contributed by atoms with E-state index in [1.807, 2.05) is 0 Å². The minimum atomic E-state index is 0.841. The molecule has 10 heavy (non-hydrogen) atoms. The lowest BCUT2D eigenvalue weighted by Gasteiger charge is -1.91. The highest BCUT2D eigenvalue weighted by Crippen LogP contribution is 2.02. The average molecular weight is 138 g/mol. The van der Waals surface area contributed by atoms with Crippen LogP contribution in [0.4, 0.5) is 0 Å². The molecule has 0 unspecified atom stereocenters. The number of hydrogen-bond donors (Lipinski definition) is 0. The van der Waals surface area contributed by atoms with Gasteiger partial charge in [-0.2, -0.15) is 0 Å². The standard InChI is InChI=1S/C8H12NO/c1-2-3-4-5-8-9-6-7-10-8/h6-7H,1-5H2. The number of hydrogen-bond acceptors (Lipinski definition) is 2. The van der Waals surface area contributed by atoms with Gasteiger partial charge in [0, 0.05) is 6.42 Å². The van der Waals surface area contributed by atoms with E-state index in [2.05, 4.69) is 11.9 Å². The molecule has 0 aromatic carbocycles. The summed E-state index contributed by atoms with van der Waals surface area (Å²) >= 11 is 0. The van der Waals surface area contributed by atoms with E-state index in [0.717, 1.165) is 31.6 Å². The molecule has 0 fully saturated rings. The van der Waals surface area contributed by atoms with Crippen LogP contribution in [-0.4, -0.2) is 4.98 Å². The smallest absolute Gasteiger partial charge is 0.193 e. The molecule has 1 heterocycles. The molecule has 0 atom stereocenters. The predicted octanol–water partition coefficient (Wildman–Crippen LogP) is 2.22. The summed E-state index contributed by atoms with van der Waals surface area (Å²) in [4.78, 5) is 4.00. The predicted molar refractivity (Wildman–Crippen MR) is 39.4 cm³/mol. The number of aryl methyl sites for hydroxylation is 1. The molecule has 1 aromatic heterocycles. The summed E-state index contributed by atoms with van der Waals surface area (Å²) in [6, 6.07) is 0. The molecule has 0 bridgehead atoms. The van der Waals surface area contributed by atoms with Gasteiger partial charge in [-0.15, -0.1) is 0 Å². The molecule has 2 heteroatoms. The van der Waals surface area contributed by atoms with Crippen molar-refractivity contribution in [3.05, 3.63) is 25.3 Å². The molecule has 0 saturated carbocycles. The van der Waals surface area contributed by atoms with Gasteiger partial charge in [0.2, 0.25) is 0 Å². The maximum atomic E-state index is 5.05. The van der Waals surface area contributed by atoms with Crippen LogP contribution in [0.15, 0.2) is 16.9 Å². The Morgan fingerprint density at radius 1 is 1.50 bits per heavy atom. The van der Waals surface area contributed by atoms with Gasteiger partial charge in [0.05, 0.1) is 6.20 Å². The second kappa shape index (κ2) is 4.09. The zero-order valence-electron chi connectivity index (χ0n) is 6.05. The monoisotopic (exact) mass is 138 g/mol. The number of rotatable bonds is 4. The van der Waals surface area contributed by atoms with E-state index in [4.69, 9.17) is 4.42 Å². The van der Waals surface area contributed by atoms with Crippen LogP contribution in [0, 0.1) is 6.92 Å². The van der Waals surface area contributed by atoms with E-state index >= 15 is 0 Å². The lowest BCUT2D eigenvalue weighted by atomic mass is 10.2. The summed E-state index contributed by atoms with van der Waals surface area (Å²) in [5, 5.41) is 0. The zero-order valence-corrected chi connectivity index (χ0v) is 6.05. The Labute approximate surface area is 61.3 Å². The van der Waals surface area contributed by atoms with Crippen molar-refractivity contribution in [3.8, 4) is 0 Å². The van der Waals surface area contributed by atoms with Gasteiger partial charge in [-0.25, -0.2) is 4.98 Å². The van der Waals surface area contributed by atoms with E-state index in [9.17, 15) is 0 Å². The molecule has 0 spiro atoms. The van der Waals surface area contributed by atoms with Crippen molar-refractivity contribution < 1.29 is 4.42 Å². The van der Waals surface area contributed by atoms with Crippen molar-refractivity contribution in [3.63, 3.8) is 0 Å². The van der Waals surface area contributed by atoms with E-state index in [1.165, 1.54) is 0 Å². The Morgan fingerprint density at radius 2 is 2.40 bits per heavy atom. The van der Waals surface area contributed by atoms with Gasteiger partial charge in [-0.05, 0) is 6.42 Å². The minimum absolute atomic E-state index is 0.841. The van der Waals surface area contributed by atoms with Crippen LogP contribution in [0.5, 0.6) is 0 Å². The highest BCUT2D eigenvalue weighted by Gasteiger charge is 1.94. The Balaban J connectivity index is 2.15. The fourth-order valence-corrected chi connectivity index (χ4v) is 0.829. The number of nitrogens with zero attached hydrogens (tertiary/aromatic N) is 1. The highest BCUT2D eigenvalue weighted by molar-refractivity contribution is 4.79. The normalized spacial score (nSPS) is 10.1. The summed E-state index contributed by atoms with van der Waals surface area (Å²) in [5.74, 6) is 0.841. The average Bonchev–Trinajstić information content (AvgIpc) is 2.41. The topological polar surface area (TPSA) is 26.0 Å². The Hall–Kier alpha value is -0.790. The molecular weight excluding hydrogens is 126 g/mol. The lowest BCUT2D eigenvalue weighted by molar-refractivity contribution is 0.483. The van der Waals surface area contributed by atoms with E-state index in [1.54, 1.807) is 12.5 Å². The molecule has 0 saturated heterocycles. The Morgan fingerprint density at radius 3 is 3.00 bits per heavy atom. The van der Waals surface area contributed by atoms with Gasteiger partial charge in [0.1, 0.15) is 6.26 Å². The van der Waals surface area contributed by atoms with Crippen molar-refractivity contribution in [2.75, 3.05) is 0 Å². The summed E-state index contributed by atoms with van der Waals surface area (Å²) in [7, 11) is 0. The molecule has 0 aliphatic carbocycles. The molecule has 0 amide bonds. The largest absolute Gasteiger partial charge is 0.449 e. The molecule has 0 aliphatic rings. The minimum Gasteiger partial charge on any atom is -0.449 e. The first kappa shape index (κ1) is 7.32. The van der Waals surface area contributed by atoms with Crippen LogP contribution in [0.2, 0.25) is 0 Å². The van der Waals surface area contributed by atoms with Crippen LogP contribution >= 0.6 is 0 Å². The van der Waals surface area contributed by atoms with Crippen LogP contribution in [0.3, 0.4) is 0 Å². The molecule has 1 radical (unpaired) electrons. The molecule has 55 valence electrons. The van der Waals surface area contributed by atoms with E-state index < -0.39 is 0 Å². The Bertz CT molecular complexity index is 158. The van der Waals surface area contributed by atoms with Crippen molar-refractivity contribution in [2.24, 2.45) is 0 Å². The molecule has 0 N–H and O–H groups in total. The third-order valence-corrected chi connectivity index (χ3v) is 1.37. The van der Waals surface area contributed by atoms with Crippen LogP contribution in [-0.2, 0) is 6.42 Å². The first-order chi connectivity index (χ1) is 4.93. The van der Waals surface area contributed by atoms with Gasteiger partial charge < -0.3 is 4.42 Å². The molecule has 0 aliphatic heterocycles. The molecule has 1 aromatic rings. The zero-order chi connectivity index (χ0) is 7.23. The summed E-state index contributed by atoms with van der Waals surface area (Å²) < 4.78 is 5.05. The Kier molecular flexibility index (Phi) is 3.00. The summed E-state index contributed by atoms with van der Waals surface area (Å²) in [6.07, 6.45) is 7.52. The van der Waals surface area contributed by atoms with Crippen LogP contribution in [0.1, 0.15) is 25.2 Å². The van der Waals surface area contributed by atoms with Gasteiger partial charge in [-0.1, -0.05) is 19.8 Å². The van der Waals surface area contributed by atoms with E-state index in [-0.39, 0.29) is 0 Å². The quantitative estimate of drug-likeness (QED) is 0.596. The molecule has 2 nitrogen and oxygen atoms in total. The second-order valence-electron chi connectivity index (χ2n) is 2.24. The lowest BCUT2D eigenvalue weighted by Crippen LogP contribution is -1.83. The van der Waals surface area contributed by atoms with Gasteiger partial charge in [-0.3, -0.25) is 0 Å². The van der Waals surface area contributed by atoms with Crippen molar-refractivity contribution in [1.82, 2.24) is 4.98 Å². The number of oxazole rings is 1. The number of aromatic nitrogens is 1. The van der Waals surface area contributed by atoms with Gasteiger partial charge in [0.25, 0.3) is 0 Å². The summed E-state index contributed by atoms with van der Waals surface area (Å²) in [6.45, 7) is 3.75. The molecule has 1 rings (SSSR count). The first-order valence-corrected chi connectivity index (χ1v) is 3.61. The van der Waals surface area contributed by atoms with Gasteiger partial charge in [0.15, 0.2) is 5.89 Å². The molecular formula is C8H12NO. The van der Waals surface area contributed by atoms with Crippen molar-refractivity contribution in [2.45, 2.75) is 25.7 Å². The van der Waals surface area contributed by atoms with E-state index in [0.29, 0.717) is 0 Å². The van der Waals surface area contributed by atoms with Crippen molar-refractivity contribution >= 4 is 0 Å². The van der Waals surface area contributed by atoms with Crippen molar-refractivity contribution in [1.29, 1.82) is 0 Å². The highest BCUT2D eigenvalue weighted by atomic mass is 16.3.